The minimum Gasteiger partial charge on any atom is -0.481 e. The van der Waals surface area contributed by atoms with Crippen LogP contribution in [-0.2, 0) is 19.1 Å². The van der Waals surface area contributed by atoms with Crippen LogP contribution >= 0.6 is 0 Å². The van der Waals surface area contributed by atoms with Gasteiger partial charge in [0.2, 0.25) is 0 Å². The van der Waals surface area contributed by atoms with Crippen molar-refractivity contribution >= 4 is 23.9 Å². The third-order valence-electron chi connectivity index (χ3n) is 1.91. The molecular formula is C16H22O8. The molecule has 24 heavy (non-hydrogen) atoms. The van der Waals surface area contributed by atoms with E-state index in [2.05, 4.69) is 0 Å². The lowest BCUT2D eigenvalue weighted by Crippen LogP contribution is -2.07. The van der Waals surface area contributed by atoms with E-state index in [9.17, 15) is 9.59 Å². The Morgan fingerprint density at radius 1 is 0.750 bits per heavy atom. The maximum Gasteiger partial charge on any atom is 0.338 e. The van der Waals surface area contributed by atoms with Gasteiger partial charge in [-0.1, -0.05) is 0 Å². The predicted molar refractivity (Wildman–Crippen MR) is 85.0 cm³/mol. The Hall–Kier alpha value is -2.90. The van der Waals surface area contributed by atoms with Crippen molar-refractivity contribution in [1.29, 1.82) is 0 Å². The summed E-state index contributed by atoms with van der Waals surface area (Å²) < 4.78 is 9.64. The van der Waals surface area contributed by atoms with Crippen molar-refractivity contribution in [3.8, 4) is 0 Å². The largest absolute Gasteiger partial charge is 0.481 e. The van der Waals surface area contributed by atoms with E-state index in [0.717, 1.165) is 13.8 Å². The molecule has 0 spiro atoms. The van der Waals surface area contributed by atoms with Gasteiger partial charge >= 0.3 is 11.9 Å². The lowest BCUT2D eigenvalue weighted by molar-refractivity contribution is -0.135. The van der Waals surface area contributed by atoms with Crippen molar-refractivity contribution in [3.63, 3.8) is 0 Å². The Balaban J connectivity index is 0. The molecule has 8 nitrogen and oxygen atoms in total. The summed E-state index contributed by atoms with van der Waals surface area (Å²) in [5, 5.41) is 14.8. The van der Waals surface area contributed by atoms with Gasteiger partial charge < -0.3 is 19.7 Å². The van der Waals surface area contributed by atoms with Crippen molar-refractivity contribution < 1.29 is 38.9 Å². The maximum absolute atomic E-state index is 11.3. The predicted octanol–water partition coefficient (Wildman–Crippen LogP) is 2.22. The summed E-state index contributed by atoms with van der Waals surface area (Å²) in [5.74, 6) is -2.45. The molecule has 0 aliphatic carbocycles. The Morgan fingerprint density at radius 2 is 0.958 bits per heavy atom. The van der Waals surface area contributed by atoms with Crippen molar-refractivity contribution in [2.75, 3.05) is 13.2 Å². The minimum atomic E-state index is -0.833. The van der Waals surface area contributed by atoms with Gasteiger partial charge in [-0.05, 0) is 38.1 Å². The lowest BCUT2D eigenvalue weighted by Gasteiger charge is -2.03. The van der Waals surface area contributed by atoms with Crippen molar-refractivity contribution in [2.24, 2.45) is 0 Å². The van der Waals surface area contributed by atoms with Crippen molar-refractivity contribution in [3.05, 3.63) is 35.4 Å². The van der Waals surface area contributed by atoms with Gasteiger partial charge in [-0.3, -0.25) is 9.59 Å². The third-order valence-corrected chi connectivity index (χ3v) is 1.91. The molecule has 2 N–H and O–H groups in total. The van der Waals surface area contributed by atoms with Crippen LogP contribution in [-0.4, -0.2) is 47.3 Å². The van der Waals surface area contributed by atoms with Gasteiger partial charge in [0.05, 0.1) is 24.3 Å². The number of carboxylic acids is 2. The molecule has 0 amide bonds. The highest BCUT2D eigenvalue weighted by atomic mass is 16.5. The monoisotopic (exact) mass is 342 g/mol. The molecule has 1 aromatic rings. The number of ether oxygens (including phenoxy) is 2. The van der Waals surface area contributed by atoms with Gasteiger partial charge in [0.25, 0.3) is 11.9 Å². The Morgan fingerprint density at radius 3 is 1.12 bits per heavy atom. The maximum atomic E-state index is 11.3. The molecule has 8 heteroatoms. The summed E-state index contributed by atoms with van der Waals surface area (Å²) in [7, 11) is 0. The summed E-state index contributed by atoms with van der Waals surface area (Å²) in [6.07, 6.45) is 0. The van der Waals surface area contributed by atoms with Gasteiger partial charge in [-0.15, -0.1) is 0 Å². The van der Waals surface area contributed by atoms with E-state index in [1.54, 1.807) is 38.1 Å². The summed E-state index contributed by atoms with van der Waals surface area (Å²) in [6.45, 7) is 6.31. The van der Waals surface area contributed by atoms with Crippen LogP contribution in [0, 0.1) is 0 Å². The molecule has 1 rings (SSSR count). The second-order valence-electron chi connectivity index (χ2n) is 4.06. The van der Waals surface area contributed by atoms with Gasteiger partial charge in [-0.2, -0.15) is 0 Å². The zero-order chi connectivity index (χ0) is 19.1. The van der Waals surface area contributed by atoms with Gasteiger partial charge in [0, 0.05) is 13.8 Å². The average Bonchev–Trinajstić information content (AvgIpc) is 2.47. The number of benzene rings is 1. The number of carboxylic acid groups (broad SMARTS) is 2. The molecule has 0 atom stereocenters. The second kappa shape index (κ2) is 13.7. The number of aliphatic carboxylic acids is 2. The molecule has 134 valence electrons. The molecule has 0 aliphatic heterocycles. The van der Waals surface area contributed by atoms with Gasteiger partial charge in [0.15, 0.2) is 0 Å². The second-order valence-corrected chi connectivity index (χ2v) is 4.06. The standard InChI is InChI=1S/C12H14O4.2C2H4O2/c1-3-15-11(13)9-5-7-10(8-6-9)12(14)16-4-2;2*1-2(3)4/h5-8H,3-4H2,1-2H3;2*1H3,(H,3,4). The topological polar surface area (TPSA) is 127 Å². The quantitative estimate of drug-likeness (QED) is 0.797. The Bertz CT molecular complexity index is 477. The molecule has 0 saturated heterocycles. The number of rotatable bonds is 4. The highest BCUT2D eigenvalue weighted by molar-refractivity contribution is 5.93. The fourth-order valence-electron chi connectivity index (χ4n) is 1.17. The highest BCUT2D eigenvalue weighted by Gasteiger charge is 2.09. The average molecular weight is 342 g/mol. The SMILES string of the molecule is CC(=O)O.CC(=O)O.CCOC(=O)c1ccc(C(=O)OCC)cc1. The van der Waals surface area contributed by atoms with Gasteiger partial charge in [0.1, 0.15) is 0 Å². The van der Waals surface area contributed by atoms with Crippen LogP contribution in [0.5, 0.6) is 0 Å². The fraction of sp³-hybridized carbons (Fsp3) is 0.375. The first kappa shape index (κ1) is 23.4. The van der Waals surface area contributed by atoms with E-state index in [1.807, 2.05) is 0 Å². The smallest absolute Gasteiger partial charge is 0.338 e. The van der Waals surface area contributed by atoms with Crippen LogP contribution in [0.4, 0.5) is 0 Å². The zero-order valence-electron chi connectivity index (χ0n) is 14.1. The zero-order valence-corrected chi connectivity index (χ0v) is 14.1. The van der Waals surface area contributed by atoms with Crippen LogP contribution in [0.2, 0.25) is 0 Å². The molecular weight excluding hydrogens is 320 g/mol. The van der Waals surface area contributed by atoms with E-state index in [-0.39, 0.29) is 0 Å². The number of hydrogen-bond donors (Lipinski definition) is 2. The van der Waals surface area contributed by atoms with Crippen LogP contribution in [0.25, 0.3) is 0 Å². The summed E-state index contributed by atoms with van der Waals surface area (Å²) in [4.78, 5) is 40.6. The molecule has 0 heterocycles. The fourth-order valence-corrected chi connectivity index (χ4v) is 1.17. The first-order chi connectivity index (χ1) is 11.1. The van der Waals surface area contributed by atoms with E-state index in [0.29, 0.717) is 24.3 Å². The van der Waals surface area contributed by atoms with E-state index in [4.69, 9.17) is 29.3 Å². The summed E-state index contributed by atoms with van der Waals surface area (Å²) in [5.41, 5.74) is 0.852. The first-order valence-corrected chi connectivity index (χ1v) is 6.98. The lowest BCUT2D eigenvalue weighted by atomic mass is 10.1. The Labute approximate surface area is 140 Å². The van der Waals surface area contributed by atoms with Crippen LogP contribution in [0.3, 0.4) is 0 Å². The van der Waals surface area contributed by atoms with Crippen LogP contribution in [0.15, 0.2) is 24.3 Å². The Kier molecular flexibility index (Phi) is 13.4. The molecule has 0 saturated carbocycles. The molecule has 0 bridgehead atoms. The van der Waals surface area contributed by atoms with E-state index < -0.39 is 23.9 Å². The molecule has 0 unspecified atom stereocenters. The summed E-state index contributed by atoms with van der Waals surface area (Å²) in [6, 6.07) is 6.18. The van der Waals surface area contributed by atoms with Crippen molar-refractivity contribution in [2.45, 2.75) is 27.7 Å². The van der Waals surface area contributed by atoms with E-state index >= 15 is 0 Å². The molecule has 1 aromatic carbocycles. The molecule has 0 aliphatic rings. The first-order valence-electron chi connectivity index (χ1n) is 6.98. The third kappa shape index (κ3) is 14.1. The van der Waals surface area contributed by atoms with Crippen molar-refractivity contribution in [1.82, 2.24) is 0 Å². The van der Waals surface area contributed by atoms with E-state index in [1.165, 1.54) is 0 Å². The summed E-state index contributed by atoms with van der Waals surface area (Å²) >= 11 is 0. The van der Waals surface area contributed by atoms with Gasteiger partial charge in [-0.25, -0.2) is 9.59 Å². The normalized spacial score (nSPS) is 8.50. The van der Waals surface area contributed by atoms with Crippen LogP contribution < -0.4 is 0 Å². The number of hydrogen-bond acceptors (Lipinski definition) is 6. The highest BCUT2D eigenvalue weighted by Crippen LogP contribution is 2.07. The minimum absolute atomic E-state index is 0.332. The number of esters is 2. The number of carbonyl (C=O) groups excluding carboxylic acids is 2. The molecule has 0 fully saturated rings. The van der Waals surface area contributed by atoms with Crippen LogP contribution in [0.1, 0.15) is 48.4 Å². The number of carbonyl (C=O) groups is 4. The molecule has 0 aromatic heterocycles. The molecule has 0 radical (unpaired) electrons.